The molecular weight excluding hydrogens is 458 g/mol. The van der Waals surface area contributed by atoms with E-state index in [2.05, 4.69) is 10.3 Å². The maximum atomic E-state index is 13.8. The molecule has 4 aromatic rings. The van der Waals surface area contributed by atoms with E-state index in [-0.39, 0.29) is 5.56 Å². The van der Waals surface area contributed by atoms with E-state index in [1.807, 2.05) is 0 Å². The number of carbonyl (C=O) groups excluding carboxylic acids is 2. The van der Waals surface area contributed by atoms with Crippen LogP contribution >= 0.6 is 0 Å². The average Bonchev–Trinajstić information content (AvgIpc) is 2.88. The maximum Gasteiger partial charge on any atom is 0.339 e. The van der Waals surface area contributed by atoms with Crippen LogP contribution in [0.25, 0.3) is 22.2 Å². The maximum absolute atomic E-state index is 13.8. The number of nitrogens with one attached hydrogen (secondary N) is 1. The summed E-state index contributed by atoms with van der Waals surface area (Å²) >= 11 is 0. The number of anilines is 1. The number of fused-ring (bicyclic) bond motifs is 1. The molecule has 1 aromatic heterocycles. The molecule has 0 aliphatic carbocycles. The number of halogens is 2. The zero-order chi connectivity index (χ0) is 24.9. The summed E-state index contributed by atoms with van der Waals surface area (Å²) in [5.41, 5.74) is 1.22. The van der Waals surface area contributed by atoms with Crippen molar-refractivity contribution < 1.29 is 32.6 Å². The molecule has 35 heavy (non-hydrogen) atoms. The van der Waals surface area contributed by atoms with E-state index >= 15 is 0 Å². The molecule has 0 saturated carbocycles. The monoisotopic (exact) mass is 478 g/mol. The van der Waals surface area contributed by atoms with Crippen LogP contribution in [0.3, 0.4) is 0 Å². The number of carbonyl (C=O) groups is 2. The molecule has 0 saturated heterocycles. The Kier molecular flexibility index (Phi) is 6.86. The zero-order valence-corrected chi connectivity index (χ0v) is 18.8. The van der Waals surface area contributed by atoms with Crippen molar-refractivity contribution in [2.45, 2.75) is 0 Å². The lowest BCUT2D eigenvalue weighted by Gasteiger charge is -2.12. The first-order valence-electron chi connectivity index (χ1n) is 10.4. The first-order chi connectivity index (χ1) is 16.9. The predicted molar refractivity (Wildman–Crippen MR) is 126 cm³/mol. The molecule has 0 spiro atoms. The van der Waals surface area contributed by atoms with Crippen molar-refractivity contribution in [2.75, 3.05) is 26.1 Å². The molecule has 9 heteroatoms. The lowest BCUT2D eigenvalue weighted by molar-refractivity contribution is -0.119. The quantitative estimate of drug-likeness (QED) is 0.377. The highest BCUT2D eigenvalue weighted by molar-refractivity contribution is 6.05. The number of benzene rings is 3. The number of methoxy groups -OCH3 is 2. The topological polar surface area (TPSA) is 86.8 Å². The van der Waals surface area contributed by atoms with E-state index in [1.165, 1.54) is 20.3 Å². The smallest absolute Gasteiger partial charge is 0.339 e. The number of hydrogen-bond acceptors (Lipinski definition) is 6. The molecule has 1 N–H and O–H groups in total. The first-order valence-corrected chi connectivity index (χ1v) is 10.4. The van der Waals surface area contributed by atoms with Gasteiger partial charge in [-0.1, -0.05) is 24.3 Å². The van der Waals surface area contributed by atoms with Crippen LogP contribution in [0, 0.1) is 11.6 Å². The molecule has 1 amide bonds. The second-order valence-corrected chi connectivity index (χ2v) is 7.36. The largest absolute Gasteiger partial charge is 0.493 e. The highest BCUT2D eigenvalue weighted by Gasteiger charge is 2.18. The normalized spacial score (nSPS) is 10.6. The van der Waals surface area contributed by atoms with Crippen molar-refractivity contribution >= 4 is 28.5 Å². The highest BCUT2D eigenvalue weighted by atomic mass is 19.1. The van der Waals surface area contributed by atoms with Gasteiger partial charge in [0.15, 0.2) is 18.1 Å². The highest BCUT2D eigenvalue weighted by Crippen LogP contribution is 2.33. The van der Waals surface area contributed by atoms with Gasteiger partial charge in [-0.05, 0) is 42.5 Å². The molecule has 0 aliphatic rings. The van der Waals surface area contributed by atoms with Gasteiger partial charge in [0.2, 0.25) is 0 Å². The number of nitrogens with zero attached hydrogens (tertiary/aromatic N) is 1. The second kappa shape index (κ2) is 10.2. The Morgan fingerprint density at radius 3 is 2.31 bits per heavy atom. The SMILES string of the molecule is COc1ccc(-c2cc(C(=O)OCC(=O)Nc3c(F)cccc3F)c3ccccc3n2)cc1OC. The van der Waals surface area contributed by atoms with Crippen LogP contribution in [-0.4, -0.2) is 37.7 Å². The van der Waals surface area contributed by atoms with Gasteiger partial charge in [-0.2, -0.15) is 0 Å². The van der Waals surface area contributed by atoms with Crippen LogP contribution in [0.1, 0.15) is 10.4 Å². The lowest BCUT2D eigenvalue weighted by Crippen LogP contribution is -2.22. The predicted octanol–water partition coefficient (Wildman–Crippen LogP) is 4.99. The Morgan fingerprint density at radius 1 is 0.886 bits per heavy atom. The number of para-hydroxylation sites is 2. The van der Waals surface area contributed by atoms with Crippen molar-refractivity contribution in [2.24, 2.45) is 0 Å². The number of rotatable bonds is 7. The van der Waals surface area contributed by atoms with Gasteiger partial charge >= 0.3 is 5.97 Å². The van der Waals surface area contributed by atoms with Crippen molar-refractivity contribution in [3.63, 3.8) is 0 Å². The lowest BCUT2D eigenvalue weighted by atomic mass is 10.0. The summed E-state index contributed by atoms with van der Waals surface area (Å²) < 4.78 is 43.3. The Hall–Kier alpha value is -4.53. The minimum absolute atomic E-state index is 0.172. The van der Waals surface area contributed by atoms with Crippen molar-refractivity contribution in [1.82, 2.24) is 4.98 Å². The molecule has 0 atom stereocenters. The number of hydrogen-bond donors (Lipinski definition) is 1. The number of amides is 1. The molecule has 0 aliphatic heterocycles. The second-order valence-electron chi connectivity index (χ2n) is 7.36. The zero-order valence-electron chi connectivity index (χ0n) is 18.8. The van der Waals surface area contributed by atoms with Gasteiger partial charge in [0.25, 0.3) is 5.91 Å². The summed E-state index contributed by atoms with van der Waals surface area (Å²) in [7, 11) is 3.03. The van der Waals surface area contributed by atoms with Crippen molar-refractivity contribution in [3.05, 3.63) is 83.9 Å². The van der Waals surface area contributed by atoms with Crippen LogP contribution in [0.5, 0.6) is 11.5 Å². The minimum atomic E-state index is -0.940. The number of aromatic nitrogens is 1. The summed E-state index contributed by atoms with van der Waals surface area (Å²) in [5, 5.41) is 2.59. The summed E-state index contributed by atoms with van der Waals surface area (Å²) in [4.78, 5) is 29.7. The third-order valence-electron chi connectivity index (χ3n) is 5.18. The van der Waals surface area contributed by atoms with Crippen LogP contribution in [0.4, 0.5) is 14.5 Å². The van der Waals surface area contributed by atoms with E-state index in [0.717, 1.165) is 12.1 Å². The van der Waals surface area contributed by atoms with Gasteiger partial charge in [0.1, 0.15) is 17.3 Å². The molecule has 7 nitrogen and oxygen atoms in total. The molecule has 1 heterocycles. The van der Waals surface area contributed by atoms with Crippen LogP contribution in [-0.2, 0) is 9.53 Å². The molecule has 0 fully saturated rings. The Balaban J connectivity index is 1.61. The van der Waals surface area contributed by atoms with E-state index in [1.54, 1.807) is 48.5 Å². The molecule has 0 radical (unpaired) electrons. The number of pyridine rings is 1. The van der Waals surface area contributed by atoms with Crippen molar-refractivity contribution in [3.8, 4) is 22.8 Å². The summed E-state index contributed by atoms with van der Waals surface area (Å²) in [6.07, 6.45) is 0. The average molecular weight is 478 g/mol. The molecule has 0 unspecified atom stereocenters. The summed E-state index contributed by atoms with van der Waals surface area (Å²) in [6.45, 7) is -0.741. The Bertz CT molecular complexity index is 1400. The number of ether oxygens (including phenoxy) is 3. The molecule has 4 rings (SSSR count). The first kappa shape index (κ1) is 23.6. The fourth-order valence-electron chi connectivity index (χ4n) is 3.49. The van der Waals surface area contributed by atoms with E-state index in [0.29, 0.717) is 33.7 Å². The van der Waals surface area contributed by atoms with Crippen molar-refractivity contribution in [1.29, 1.82) is 0 Å². The molecule has 178 valence electrons. The van der Waals surface area contributed by atoms with Gasteiger partial charge in [0.05, 0.1) is 31.0 Å². The third kappa shape index (κ3) is 5.03. The number of esters is 1. The fourth-order valence-corrected chi connectivity index (χ4v) is 3.49. The van der Waals surface area contributed by atoms with E-state index in [9.17, 15) is 18.4 Å². The van der Waals surface area contributed by atoms with Gasteiger partial charge in [0, 0.05) is 10.9 Å². The molecule has 3 aromatic carbocycles. The standard InChI is InChI=1S/C26H20F2N2O5/c1-33-22-11-10-15(12-23(22)34-2)21-13-17(16-6-3-4-9-20(16)29-21)26(32)35-14-24(31)30-25-18(27)7-5-8-19(25)28/h3-13H,14H2,1-2H3,(H,30,31). The van der Waals surface area contributed by atoms with Gasteiger partial charge in [-0.25, -0.2) is 18.6 Å². The van der Waals surface area contributed by atoms with Gasteiger partial charge in [-0.3, -0.25) is 4.79 Å². The van der Waals surface area contributed by atoms with Crippen LogP contribution in [0.15, 0.2) is 66.7 Å². The Labute approximate surface area is 199 Å². The van der Waals surface area contributed by atoms with Crippen LogP contribution in [0.2, 0.25) is 0 Å². The molecular formula is C26H20F2N2O5. The van der Waals surface area contributed by atoms with E-state index < -0.39 is 35.8 Å². The summed E-state index contributed by atoms with van der Waals surface area (Å²) in [5.74, 6) is -2.54. The minimum Gasteiger partial charge on any atom is -0.493 e. The van der Waals surface area contributed by atoms with Crippen LogP contribution < -0.4 is 14.8 Å². The van der Waals surface area contributed by atoms with Gasteiger partial charge in [-0.15, -0.1) is 0 Å². The molecule has 0 bridgehead atoms. The van der Waals surface area contributed by atoms with E-state index in [4.69, 9.17) is 14.2 Å². The fraction of sp³-hybridized carbons (Fsp3) is 0.115. The summed E-state index contributed by atoms with van der Waals surface area (Å²) in [6, 6.07) is 16.9. The Morgan fingerprint density at radius 2 is 1.60 bits per heavy atom. The van der Waals surface area contributed by atoms with Gasteiger partial charge < -0.3 is 19.5 Å². The third-order valence-corrected chi connectivity index (χ3v) is 5.18.